The van der Waals surface area contributed by atoms with Crippen molar-refractivity contribution in [1.82, 2.24) is 0 Å². The number of ether oxygens (including phenoxy) is 1. The van der Waals surface area contributed by atoms with Crippen molar-refractivity contribution in [2.24, 2.45) is 0 Å². The minimum absolute atomic E-state index is 0.0578. The molecule has 162 valence electrons. The van der Waals surface area contributed by atoms with Crippen molar-refractivity contribution in [2.45, 2.75) is 26.2 Å². The van der Waals surface area contributed by atoms with Crippen molar-refractivity contribution >= 4 is 34.7 Å². The monoisotopic (exact) mass is 425 g/mol. The van der Waals surface area contributed by atoms with Crippen LogP contribution in [0.25, 0.3) is 0 Å². The van der Waals surface area contributed by atoms with Gasteiger partial charge in [-0.1, -0.05) is 12.1 Å². The molecule has 0 atom stereocenters. The molecule has 0 unspecified atom stereocenters. The Hall–Kier alpha value is -3.75. The molecule has 1 heterocycles. The first-order valence-electron chi connectivity index (χ1n) is 9.96. The Labute approximate surface area is 179 Å². The van der Waals surface area contributed by atoms with Crippen molar-refractivity contribution < 1.29 is 24.0 Å². The summed E-state index contributed by atoms with van der Waals surface area (Å²) in [6, 6.07) is 10.5. The number of non-ortho nitro benzene ring substituents is 1. The summed E-state index contributed by atoms with van der Waals surface area (Å²) in [5.74, 6) is -1.53. The van der Waals surface area contributed by atoms with Crippen LogP contribution in [0.2, 0.25) is 0 Å². The van der Waals surface area contributed by atoms with Crippen molar-refractivity contribution in [3.63, 3.8) is 0 Å². The number of nitrogens with one attached hydrogen (secondary N) is 1. The summed E-state index contributed by atoms with van der Waals surface area (Å²) < 4.78 is 5.14. The molecule has 1 amide bonds. The van der Waals surface area contributed by atoms with Gasteiger partial charge in [0.1, 0.15) is 0 Å². The van der Waals surface area contributed by atoms with Gasteiger partial charge in [0.15, 0.2) is 12.4 Å². The van der Waals surface area contributed by atoms with E-state index in [-0.39, 0.29) is 17.0 Å². The number of rotatable bonds is 7. The maximum Gasteiger partial charge on any atom is 0.341 e. The fourth-order valence-corrected chi connectivity index (χ4v) is 3.43. The molecule has 9 nitrogen and oxygen atoms in total. The summed E-state index contributed by atoms with van der Waals surface area (Å²) in [6.45, 7) is 2.34. The molecule has 1 fully saturated rings. The number of hydrogen-bond donors (Lipinski definition) is 1. The van der Waals surface area contributed by atoms with Gasteiger partial charge in [-0.05, 0) is 44.4 Å². The molecule has 0 radical (unpaired) electrons. The SMILES string of the molecule is CC(=O)c1cccc(NC(=O)COC(=O)c2cc([N+](=O)[O-])ccc2N2CCCCC2)c1. The van der Waals surface area contributed by atoms with Gasteiger partial charge in [-0.2, -0.15) is 0 Å². The van der Waals surface area contributed by atoms with Gasteiger partial charge in [0.05, 0.1) is 16.2 Å². The van der Waals surface area contributed by atoms with Gasteiger partial charge in [0, 0.05) is 36.5 Å². The zero-order valence-corrected chi connectivity index (χ0v) is 17.1. The lowest BCUT2D eigenvalue weighted by atomic mass is 10.1. The standard InChI is InChI=1S/C22H23N3O6/c1-15(26)16-6-5-7-17(12-16)23-21(27)14-31-22(28)19-13-18(25(29)30)8-9-20(19)24-10-3-2-4-11-24/h5-9,12-13H,2-4,10-11,14H2,1H3,(H,23,27). The van der Waals surface area contributed by atoms with Crippen LogP contribution in [0.4, 0.5) is 17.1 Å². The van der Waals surface area contributed by atoms with E-state index in [1.165, 1.54) is 25.1 Å². The van der Waals surface area contributed by atoms with Gasteiger partial charge in [-0.3, -0.25) is 19.7 Å². The number of hydrogen-bond acceptors (Lipinski definition) is 7. The summed E-state index contributed by atoms with van der Waals surface area (Å²) in [4.78, 5) is 48.9. The summed E-state index contributed by atoms with van der Waals surface area (Å²) >= 11 is 0. The Balaban J connectivity index is 1.70. The lowest BCUT2D eigenvalue weighted by Crippen LogP contribution is -2.31. The number of nitrogens with zero attached hydrogens (tertiary/aromatic N) is 2. The summed E-state index contributed by atoms with van der Waals surface area (Å²) in [5.41, 5.74) is 1.24. The fraction of sp³-hybridized carbons (Fsp3) is 0.318. The molecule has 2 aromatic carbocycles. The maximum absolute atomic E-state index is 12.7. The predicted octanol–water partition coefficient (Wildman–Crippen LogP) is 3.58. The summed E-state index contributed by atoms with van der Waals surface area (Å²) in [6.07, 6.45) is 3.02. The Morgan fingerprint density at radius 2 is 1.84 bits per heavy atom. The number of amides is 1. The van der Waals surface area contributed by atoms with Crippen molar-refractivity contribution in [3.05, 3.63) is 63.7 Å². The van der Waals surface area contributed by atoms with E-state index in [9.17, 15) is 24.5 Å². The first-order chi connectivity index (χ1) is 14.8. The molecule has 2 aromatic rings. The lowest BCUT2D eigenvalue weighted by Gasteiger charge is -2.30. The van der Waals surface area contributed by atoms with Crippen molar-refractivity contribution in [3.8, 4) is 0 Å². The first-order valence-corrected chi connectivity index (χ1v) is 9.96. The Bertz CT molecular complexity index is 1010. The highest BCUT2D eigenvalue weighted by Gasteiger charge is 2.23. The van der Waals surface area contributed by atoms with Crippen LogP contribution in [-0.4, -0.2) is 42.3 Å². The smallest absolute Gasteiger partial charge is 0.341 e. The molecular weight excluding hydrogens is 402 g/mol. The average molecular weight is 425 g/mol. The van der Waals surface area contributed by atoms with Crippen LogP contribution in [0.3, 0.4) is 0 Å². The van der Waals surface area contributed by atoms with Crippen LogP contribution in [0, 0.1) is 10.1 Å². The topological polar surface area (TPSA) is 119 Å². The molecule has 1 N–H and O–H groups in total. The van der Waals surface area contributed by atoms with E-state index in [0.29, 0.717) is 16.9 Å². The zero-order chi connectivity index (χ0) is 22.4. The number of carbonyl (C=O) groups is 3. The van der Waals surface area contributed by atoms with Gasteiger partial charge < -0.3 is 15.0 Å². The molecule has 1 saturated heterocycles. The number of anilines is 2. The van der Waals surface area contributed by atoms with Crippen LogP contribution < -0.4 is 10.2 Å². The second-order valence-corrected chi connectivity index (χ2v) is 7.27. The Kier molecular flexibility index (Phi) is 6.96. The van der Waals surface area contributed by atoms with Crippen LogP contribution >= 0.6 is 0 Å². The molecule has 0 spiro atoms. The highest BCUT2D eigenvalue weighted by atomic mass is 16.6. The number of carbonyl (C=O) groups excluding carboxylic acids is 3. The normalized spacial score (nSPS) is 13.4. The second-order valence-electron chi connectivity index (χ2n) is 7.27. The van der Waals surface area contributed by atoms with Gasteiger partial charge in [0.25, 0.3) is 11.6 Å². The highest BCUT2D eigenvalue weighted by molar-refractivity contribution is 6.00. The Morgan fingerprint density at radius 3 is 2.52 bits per heavy atom. The Morgan fingerprint density at radius 1 is 1.10 bits per heavy atom. The number of ketones is 1. The third-order valence-corrected chi connectivity index (χ3v) is 4.99. The number of nitro benzene ring substituents is 1. The van der Waals surface area contributed by atoms with Crippen LogP contribution in [0.15, 0.2) is 42.5 Å². The van der Waals surface area contributed by atoms with Gasteiger partial charge in [-0.15, -0.1) is 0 Å². The minimum atomic E-state index is -0.808. The predicted molar refractivity (Wildman–Crippen MR) is 115 cm³/mol. The van der Waals surface area contributed by atoms with E-state index in [2.05, 4.69) is 5.32 Å². The molecular formula is C22H23N3O6. The molecule has 3 rings (SSSR count). The molecule has 9 heteroatoms. The van der Waals surface area contributed by atoms with E-state index in [0.717, 1.165) is 32.4 Å². The first kappa shape index (κ1) is 21.9. The van der Waals surface area contributed by atoms with Crippen LogP contribution in [0.5, 0.6) is 0 Å². The van der Waals surface area contributed by atoms with E-state index >= 15 is 0 Å². The minimum Gasteiger partial charge on any atom is -0.452 e. The quantitative estimate of drug-likeness (QED) is 0.312. The fourth-order valence-electron chi connectivity index (χ4n) is 3.43. The van der Waals surface area contributed by atoms with Gasteiger partial charge in [-0.25, -0.2) is 4.79 Å². The van der Waals surface area contributed by atoms with E-state index in [1.807, 2.05) is 4.90 Å². The molecule has 0 saturated carbocycles. The van der Waals surface area contributed by atoms with E-state index in [1.54, 1.807) is 24.3 Å². The van der Waals surface area contributed by atoms with Crippen LogP contribution in [0.1, 0.15) is 46.9 Å². The largest absolute Gasteiger partial charge is 0.452 e. The maximum atomic E-state index is 12.7. The average Bonchev–Trinajstić information content (AvgIpc) is 2.77. The zero-order valence-electron chi connectivity index (χ0n) is 17.1. The second kappa shape index (κ2) is 9.84. The lowest BCUT2D eigenvalue weighted by molar-refractivity contribution is -0.384. The number of benzene rings is 2. The summed E-state index contributed by atoms with van der Waals surface area (Å²) in [5, 5.41) is 13.7. The van der Waals surface area contributed by atoms with Crippen molar-refractivity contribution in [2.75, 3.05) is 29.9 Å². The number of Topliss-reactive ketones (excluding diaryl/α,β-unsaturated/α-hetero) is 1. The van der Waals surface area contributed by atoms with E-state index in [4.69, 9.17) is 4.74 Å². The molecule has 1 aliphatic heterocycles. The third kappa shape index (κ3) is 5.65. The summed E-state index contributed by atoms with van der Waals surface area (Å²) in [7, 11) is 0. The molecule has 0 aliphatic carbocycles. The number of esters is 1. The molecule has 0 aromatic heterocycles. The molecule has 0 bridgehead atoms. The van der Waals surface area contributed by atoms with E-state index < -0.39 is 23.4 Å². The van der Waals surface area contributed by atoms with Crippen LogP contribution in [-0.2, 0) is 9.53 Å². The number of piperidine rings is 1. The number of nitro groups is 1. The molecule has 31 heavy (non-hydrogen) atoms. The molecule has 1 aliphatic rings. The van der Waals surface area contributed by atoms with Gasteiger partial charge >= 0.3 is 5.97 Å². The highest BCUT2D eigenvalue weighted by Crippen LogP contribution is 2.28. The van der Waals surface area contributed by atoms with Crippen molar-refractivity contribution in [1.29, 1.82) is 0 Å². The van der Waals surface area contributed by atoms with Gasteiger partial charge in [0.2, 0.25) is 0 Å². The third-order valence-electron chi connectivity index (χ3n) is 4.99.